The van der Waals surface area contributed by atoms with Crippen molar-refractivity contribution in [1.29, 1.82) is 0 Å². The van der Waals surface area contributed by atoms with E-state index in [-0.39, 0.29) is 11.8 Å². The van der Waals surface area contributed by atoms with Crippen molar-refractivity contribution in [3.63, 3.8) is 0 Å². The lowest BCUT2D eigenvalue weighted by Gasteiger charge is -2.57. The summed E-state index contributed by atoms with van der Waals surface area (Å²) in [4.78, 5) is 23.9. The minimum absolute atomic E-state index is 0.213. The fraction of sp³-hybridized carbons (Fsp3) is 0.652. The van der Waals surface area contributed by atoms with Gasteiger partial charge in [0.05, 0.1) is 0 Å². The molecule has 0 heterocycles. The van der Waals surface area contributed by atoms with Gasteiger partial charge in [-0.05, 0) is 91.7 Å². The van der Waals surface area contributed by atoms with Gasteiger partial charge >= 0.3 is 5.97 Å². The van der Waals surface area contributed by atoms with Crippen LogP contribution < -0.4 is 5.32 Å². The summed E-state index contributed by atoms with van der Waals surface area (Å²) in [7, 11) is 0. The maximum Gasteiger partial charge on any atom is 0.326 e. The lowest BCUT2D eigenvalue weighted by molar-refractivity contribution is -0.139. The Bertz CT molecular complexity index is 686. The summed E-state index contributed by atoms with van der Waals surface area (Å²) in [6.07, 6.45) is 8.62. The molecule has 4 aliphatic carbocycles. The van der Waals surface area contributed by atoms with E-state index in [1.807, 2.05) is 26.0 Å². The number of carboxylic acid groups (broad SMARTS) is 1. The Hall–Kier alpha value is -1.84. The molecular formula is C23H31NO3. The molecule has 1 amide bonds. The van der Waals surface area contributed by atoms with Crippen LogP contribution in [0.4, 0.5) is 0 Å². The largest absolute Gasteiger partial charge is 0.480 e. The standard InChI is InChI=1S/C23H31NO3/c1-14(2)7-20(22(26)27)24-21(25)18-3-5-19(6-4-18)23-11-15-8-16(12-23)10-17(9-15)13-23/h3-6,14-17,20H,7-13H2,1-2H3,(H,24,25)(H,26,27)/t15?,16?,17?,20-,23?/m0/s1. The zero-order valence-corrected chi connectivity index (χ0v) is 16.4. The van der Waals surface area contributed by atoms with E-state index in [0.717, 1.165) is 17.8 Å². The van der Waals surface area contributed by atoms with E-state index in [1.165, 1.54) is 44.1 Å². The predicted molar refractivity (Wildman–Crippen MR) is 105 cm³/mol. The lowest BCUT2D eigenvalue weighted by atomic mass is 9.48. The van der Waals surface area contributed by atoms with Crippen LogP contribution in [0.5, 0.6) is 0 Å². The molecule has 4 saturated carbocycles. The zero-order valence-electron chi connectivity index (χ0n) is 16.4. The van der Waals surface area contributed by atoms with Crippen LogP contribution in [0.3, 0.4) is 0 Å². The molecular weight excluding hydrogens is 338 g/mol. The second-order valence-electron chi connectivity index (χ2n) is 9.77. The average molecular weight is 370 g/mol. The van der Waals surface area contributed by atoms with Crippen LogP contribution in [0, 0.1) is 23.7 Å². The van der Waals surface area contributed by atoms with Gasteiger partial charge in [0, 0.05) is 5.56 Å². The number of carbonyl (C=O) groups is 2. The van der Waals surface area contributed by atoms with Crippen LogP contribution in [0.2, 0.25) is 0 Å². The maximum absolute atomic E-state index is 12.5. The number of aliphatic carboxylic acids is 1. The van der Waals surface area contributed by atoms with Crippen LogP contribution in [-0.2, 0) is 10.2 Å². The first-order valence-corrected chi connectivity index (χ1v) is 10.5. The Balaban J connectivity index is 1.47. The molecule has 0 aromatic heterocycles. The predicted octanol–water partition coefficient (Wildman–Crippen LogP) is 4.38. The highest BCUT2D eigenvalue weighted by atomic mass is 16.4. The van der Waals surface area contributed by atoms with Crippen molar-refractivity contribution in [2.24, 2.45) is 23.7 Å². The van der Waals surface area contributed by atoms with Gasteiger partial charge in [-0.15, -0.1) is 0 Å². The molecule has 27 heavy (non-hydrogen) atoms. The van der Waals surface area contributed by atoms with E-state index in [1.54, 1.807) is 0 Å². The van der Waals surface area contributed by atoms with Crippen molar-refractivity contribution in [3.05, 3.63) is 35.4 Å². The third-order valence-corrected chi connectivity index (χ3v) is 7.11. The smallest absolute Gasteiger partial charge is 0.326 e. The Labute approximate surface area is 161 Å². The molecule has 1 aromatic carbocycles. The Morgan fingerprint density at radius 1 is 1.04 bits per heavy atom. The summed E-state index contributed by atoms with van der Waals surface area (Å²) in [6.45, 7) is 3.92. The highest BCUT2D eigenvalue weighted by Crippen LogP contribution is 2.60. The molecule has 5 rings (SSSR count). The molecule has 0 unspecified atom stereocenters. The number of hydrogen-bond acceptors (Lipinski definition) is 2. The molecule has 4 heteroatoms. The van der Waals surface area contributed by atoms with E-state index < -0.39 is 12.0 Å². The number of hydrogen-bond donors (Lipinski definition) is 2. The number of carbonyl (C=O) groups excluding carboxylic acids is 1. The van der Waals surface area contributed by atoms with Crippen molar-refractivity contribution in [3.8, 4) is 0 Å². The second kappa shape index (κ2) is 6.96. The monoisotopic (exact) mass is 369 g/mol. The van der Waals surface area contributed by atoms with Gasteiger partial charge in [0.15, 0.2) is 0 Å². The summed E-state index contributed by atoms with van der Waals surface area (Å²) in [5, 5.41) is 12.0. The van der Waals surface area contributed by atoms with Crippen LogP contribution in [-0.4, -0.2) is 23.0 Å². The molecule has 4 fully saturated rings. The molecule has 2 N–H and O–H groups in total. The zero-order chi connectivity index (χ0) is 19.2. The first-order chi connectivity index (χ1) is 12.8. The van der Waals surface area contributed by atoms with Crippen LogP contribution in [0.25, 0.3) is 0 Å². The number of carboxylic acids is 1. The van der Waals surface area contributed by atoms with Gasteiger partial charge < -0.3 is 10.4 Å². The van der Waals surface area contributed by atoms with E-state index in [9.17, 15) is 14.7 Å². The van der Waals surface area contributed by atoms with Crippen molar-refractivity contribution in [2.75, 3.05) is 0 Å². The molecule has 4 aliphatic rings. The fourth-order valence-electron chi connectivity index (χ4n) is 6.37. The Morgan fingerprint density at radius 3 is 2.00 bits per heavy atom. The highest BCUT2D eigenvalue weighted by molar-refractivity contribution is 5.96. The third-order valence-electron chi connectivity index (χ3n) is 7.11. The number of rotatable bonds is 6. The van der Waals surface area contributed by atoms with Crippen LogP contribution in [0.1, 0.15) is 74.7 Å². The third kappa shape index (κ3) is 3.63. The molecule has 1 aromatic rings. The summed E-state index contributed by atoms with van der Waals surface area (Å²) >= 11 is 0. The van der Waals surface area contributed by atoms with Gasteiger partial charge in [-0.25, -0.2) is 4.79 Å². The molecule has 0 radical (unpaired) electrons. The Morgan fingerprint density at radius 2 is 1.56 bits per heavy atom. The molecule has 0 aliphatic heterocycles. The summed E-state index contributed by atoms with van der Waals surface area (Å²) in [5.41, 5.74) is 2.26. The molecule has 146 valence electrons. The van der Waals surface area contributed by atoms with Gasteiger partial charge in [-0.2, -0.15) is 0 Å². The van der Waals surface area contributed by atoms with Crippen molar-refractivity contribution in [1.82, 2.24) is 5.32 Å². The average Bonchev–Trinajstić information content (AvgIpc) is 2.59. The van der Waals surface area contributed by atoms with Crippen LogP contribution >= 0.6 is 0 Å². The van der Waals surface area contributed by atoms with Gasteiger partial charge in [0.2, 0.25) is 0 Å². The van der Waals surface area contributed by atoms with Gasteiger partial charge in [-0.3, -0.25) is 4.79 Å². The van der Waals surface area contributed by atoms with E-state index in [2.05, 4.69) is 17.4 Å². The van der Waals surface area contributed by atoms with Crippen LogP contribution in [0.15, 0.2) is 24.3 Å². The van der Waals surface area contributed by atoms with E-state index in [0.29, 0.717) is 17.4 Å². The number of benzene rings is 1. The SMILES string of the molecule is CC(C)C[C@H](NC(=O)c1ccc(C23CC4CC(CC(C4)C2)C3)cc1)C(=O)O. The molecule has 4 bridgehead atoms. The molecule has 0 saturated heterocycles. The number of amides is 1. The van der Waals surface area contributed by atoms with Crippen molar-refractivity contribution >= 4 is 11.9 Å². The van der Waals surface area contributed by atoms with Gasteiger partial charge in [0.25, 0.3) is 5.91 Å². The molecule has 0 spiro atoms. The van der Waals surface area contributed by atoms with E-state index in [4.69, 9.17) is 0 Å². The van der Waals surface area contributed by atoms with Crippen molar-refractivity contribution < 1.29 is 14.7 Å². The minimum Gasteiger partial charge on any atom is -0.480 e. The topological polar surface area (TPSA) is 66.4 Å². The molecule has 1 atom stereocenters. The number of nitrogens with one attached hydrogen (secondary N) is 1. The lowest BCUT2D eigenvalue weighted by Crippen LogP contribution is -2.48. The first-order valence-electron chi connectivity index (χ1n) is 10.5. The second-order valence-corrected chi connectivity index (χ2v) is 9.77. The fourth-order valence-corrected chi connectivity index (χ4v) is 6.37. The van der Waals surface area contributed by atoms with Crippen molar-refractivity contribution in [2.45, 2.75) is 70.3 Å². The minimum atomic E-state index is -0.970. The summed E-state index contributed by atoms with van der Waals surface area (Å²) in [5.74, 6) is 1.64. The first kappa shape index (κ1) is 18.5. The summed E-state index contributed by atoms with van der Waals surface area (Å²) in [6, 6.07) is 7.19. The highest BCUT2D eigenvalue weighted by Gasteiger charge is 2.51. The maximum atomic E-state index is 12.5. The quantitative estimate of drug-likeness (QED) is 0.782. The Kier molecular flexibility index (Phi) is 4.77. The normalized spacial score (nSPS) is 32.5. The molecule has 4 nitrogen and oxygen atoms in total. The summed E-state index contributed by atoms with van der Waals surface area (Å²) < 4.78 is 0. The van der Waals surface area contributed by atoms with Gasteiger partial charge in [-0.1, -0.05) is 26.0 Å². The van der Waals surface area contributed by atoms with E-state index >= 15 is 0 Å². The van der Waals surface area contributed by atoms with Gasteiger partial charge in [0.1, 0.15) is 6.04 Å².